The maximum atomic E-state index is 12.0. The van der Waals surface area contributed by atoms with Crippen LogP contribution < -0.4 is 0 Å². The van der Waals surface area contributed by atoms with Crippen molar-refractivity contribution in [3.05, 3.63) is 0 Å². The fourth-order valence-electron chi connectivity index (χ4n) is 0.939. The van der Waals surface area contributed by atoms with Crippen LogP contribution in [0.4, 0.5) is 0 Å². The number of methoxy groups -OCH3 is 1. The van der Waals surface area contributed by atoms with Crippen LogP contribution in [0.3, 0.4) is 0 Å². The van der Waals surface area contributed by atoms with Gasteiger partial charge in [0.2, 0.25) is 0 Å². The Balaban J connectivity index is 4.89. The SMILES string of the molecule is CCC(C)OC(=O)C([O])(OC)C(=O)OC(C)(C)C. The molecule has 0 N–H and O–H groups in total. The molecule has 0 fully saturated rings. The molecule has 0 rings (SSSR count). The van der Waals surface area contributed by atoms with Gasteiger partial charge in [0.05, 0.1) is 6.10 Å². The lowest BCUT2D eigenvalue weighted by molar-refractivity contribution is -0.256. The van der Waals surface area contributed by atoms with Gasteiger partial charge < -0.3 is 14.2 Å². The molecule has 6 heteroatoms. The van der Waals surface area contributed by atoms with Crippen LogP contribution in [-0.4, -0.2) is 36.5 Å². The number of rotatable bonds is 5. The van der Waals surface area contributed by atoms with Crippen molar-refractivity contribution in [3.63, 3.8) is 0 Å². The Hall–Kier alpha value is -1.14. The summed E-state index contributed by atoms with van der Waals surface area (Å²) in [5.41, 5.74) is -0.887. The monoisotopic (exact) mass is 261 g/mol. The number of ether oxygens (including phenoxy) is 3. The van der Waals surface area contributed by atoms with Gasteiger partial charge in [-0.05, 0) is 34.1 Å². The zero-order chi connectivity index (χ0) is 14.6. The normalized spacial score (nSPS) is 16.6. The molecule has 0 saturated carbocycles. The zero-order valence-electron chi connectivity index (χ0n) is 11.7. The van der Waals surface area contributed by atoms with Gasteiger partial charge in [0, 0.05) is 7.11 Å². The summed E-state index contributed by atoms with van der Waals surface area (Å²) >= 11 is 0. The minimum Gasteiger partial charge on any atom is -0.458 e. The van der Waals surface area contributed by atoms with Crippen molar-refractivity contribution < 1.29 is 28.9 Å². The van der Waals surface area contributed by atoms with E-state index in [2.05, 4.69) is 4.74 Å². The number of carbonyl (C=O) groups excluding carboxylic acids is 2. The first-order chi connectivity index (χ1) is 8.06. The molecule has 0 aromatic rings. The Labute approximate surface area is 107 Å². The molecular formula is C12H21O6. The van der Waals surface area contributed by atoms with Crippen LogP contribution >= 0.6 is 0 Å². The molecule has 0 heterocycles. The second kappa shape index (κ2) is 6.15. The van der Waals surface area contributed by atoms with Crippen LogP contribution in [0.1, 0.15) is 41.0 Å². The Kier molecular flexibility index (Phi) is 5.76. The maximum Gasteiger partial charge on any atom is 0.397 e. The molecule has 0 amide bonds. The molecule has 105 valence electrons. The molecule has 0 aliphatic heterocycles. The molecule has 0 aromatic carbocycles. The maximum absolute atomic E-state index is 12.0. The standard InChI is InChI=1S/C12H21O6/c1-7-8(2)17-9(13)12(15,16-6)10(14)18-11(3,4)5/h8H,7H2,1-6H3. The third kappa shape index (κ3) is 4.62. The highest BCUT2D eigenvalue weighted by Crippen LogP contribution is 2.18. The molecule has 0 aromatic heterocycles. The van der Waals surface area contributed by atoms with Crippen molar-refractivity contribution in [1.82, 2.24) is 0 Å². The summed E-state index contributed by atoms with van der Waals surface area (Å²) in [6.07, 6.45) is 0.0586. The van der Waals surface area contributed by atoms with Gasteiger partial charge in [-0.1, -0.05) is 6.92 Å². The lowest BCUT2D eigenvalue weighted by Gasteiger charge is -2.26. The fraction of sp³-hybridized carbons (Fsp3) is 0.833. The molecule has 0 saturated heterocycles. The first-order valence-electron chi connectivity index (χ1n) is 5.77. The summed E-state index contributed by atoms with van der Waals surface area (Å²) in [6, 6.07) is 0. The summed E-state index contributed by atoms with van der Waals surface area (Å²) in [7, 11) is 0.967. The second-order valence-electron chi connectivity index (χ2n) is 4.95. The first-order valence-corrected chi connectivity index (χ1v) is 5.77. The third-order valence-corrected chi connectivity index (χ3v) is 2.11. The van der Waals surface area contributed by atoms with Gasteiger partial charge in [0.25, 0.3) is 0 Å². The summed E-state index contributed by atoms with van der Waals surface area (Å²) in [5.74, 6) is -5.56. The van der Waals surface area contributed by atoms with Gasteiger partial charge >= 0.3 is 17.7 Å². The van der Waals surface area contributed by atoms with Crippen LogP contribution in [0.15, 0.2) is 0 Å². The fourth-order valence-corrected chi connectivity index (χ4v) is 0.939. The van der Waals surface area contributed by atoms with Crippen LogP contribution in [-0.2, 0) is 28.9 Å². The minimum atomic E-state index is -2.98. The quantitative estimate of drug-likeness (QED) is 0.425. The summed E-state index contributed by atoms with van der Waals surface area (Å²) < 4.78 is 14.1. The molecule has 6 nitrogen and oxygen atoms in total. The van der Waals surface area contributed by atoms with E-state index in [1.54, 1.807) is 34.6 Å². The Morgan fingerprint density at radius 2 is 1.67 bits per heavy atom. The van der Waals surface area contributed by atoms with Gasteiger partial charge in [-0.3, -0.25) is 0 Å². The van der Waals surface area contributed by atoms with Gasteiger partial charge in [0.1, 0.15) is 5.60 Å². The Bertz CT molecular complexity index is 306. The van der Waals surface area contributed by atoms with E-state index < -0.39 is 29.4 Å². The largest absolute Gasteiger partial charge is 0.458 e. The van der Waals surface area contributed by atoms with Crippen LogP contribution in [0.2, 0.25) is 0 Å². The molecule has 18 heavy (non-hydrogen) atoms. The van der Waals surface area contributed by atoms with Gasteiger partial charge in [-0.2, -0.15) is 5.11 Å². The molecule has 2 unspecified atom stereocenters. The average Bonchev–Trinajstić information content (AvgIpc) is 2.24. The summed E-state index contributed by atoms with van der Waals surface area (Å²) in [4.78, 5) is 23.3. The van der Waals surface area contributed by atoms with Crippen molar-refractivity contribution in [1.29, 1.82) is 0 Å². The van der Waals surface area contributed by atoms with E-state index in [9.17, 15) is 14.7 Å². The Morgan fingerprint density at radius 3 is 2.00 bits per heavy atom. The Morgan fingerprint density at radius 1 is 1.17 bits per heavy atom. The molecule has 0 aliphatic carbocycles. The van der Waals surface area contributed by atoms with Crippen molar-refractivity contribution in [3.8, 4) is 0 Å². The highest BCUT2D eigenvalue weighted by atomic mass is 16.7. The molecule has 2 atom stereocenters. The molecule has 1 radical (unpaired) electrons. The number of hydrogen-bond donors (Lipinski definition) is 0. The van der Waals surface area contributed by atoms with Gasteiger partial charge in [-0.25, -0.2) is 9.59 Å². The van der Waals surface area contributed by atoms with E-state index in [1.807, 2.05) is 0 Å². The highest BCUT2D eigenvalue weighted by Gasteiger charge is 2.52. The lowest BCUT2D eigenvalue weighted by atomic mass is 10.2. The minimum absolute atomic E-state index is 0.469. The van der Waals surface area contributed by atoms with E-state index in [0.717, 1.165) is 7.11 Å². The smallest absolute Gasteiger partial charge is 0.397 e. The highest BCUT2D eigenvalue weighted by molar-refractivity contribution is 6.01. The molecule has 0 spiro atoms. The zero-order valence-corrected chi connectivity index (χ0v) is 11.7. The number of hydrogen-bond acceptors (Lipinski definition) is 5. The van der Waals surface area contributed by atoms with Gasteiger partial charge in [0.15, 0.2) is 0 Å². The third-order valence-electron chi connectivity index (χ3n) is 2.11. The lowest BCUT2D eigenvalue weighted by Crippen LogP contribution is -2.51. The summed E-state index contributed by atoms with van der Waals surface area (Å²) in [6.45, 7) is 8.15. The van der Waals surface area contributed by atoms with E-state index in [-0.39, 0.29) is 0 Å². The van der Waals surface area contributed by atoms with Gasteiger partial charge in [-0.15, -0.1) is 0 Å². The van der Waals surface area contributed by atoms with E-state index >= 15 is 0 Å². The predicted octanol–water partition coefficient (Wildman–Crippen LogP) is 1.44. The van der Waals surface area contributed by atoms with E-state index in [0.29, 0.717) is 6.42 Å². The van der Waals surface area contributed by atoms with Crippen molar-refractivity contribution in [2.45, 2.75) is 58.5 Å². The molecular weight excluding hydrogens is 240 g/mol. The van der Waals surface area contributed by atoms with E-state index in [1.165, 1.54) is 0 Å². The van der Waals surface area contributed by atoms with Crippen molar-refractivity contribution in [2.24, 2.45) is 0 Å². The van der Waals surface area contributed by atoms with Crippen LogP contribution in [0.25, 0.3) is 0 Å². The predicted molar refractivity (Wildman–Crippen MR) is 62.1 cm³/mol. The molecule has 0 aliphatic rings. The molecule has 0 bridgehead atoms. The van der Waals surface area contributed by atoms with Crippen LogP contribution in [0.5, 0.6) is 0 Å². The average molecular weight is 261 g/mol. The van der Waals surface area contributed by atoms with Crippen molar-refractivity contribution >= 4 is 11.9 Å². The van der Waals surface area contributed by atoms with E-state index in [4.69, 9.17) is 9.47 Å². The number of esters is 2. The summed E-state index contributed by atoms with van der Waals surface area (Å²) in [5, 5.41) is 12.0. The van der Waals surface area contributed by atoms with Crippen molar-refractivity contribution in [2.75, 3.05) is 7.11 Å². The van der Waals surface area contributed by atoms with Crippen LogP contribution in [0, 0.1) is 0 Å². The first kappa shape index (κ1) is 16.9. The number of carbonyl (C=O) groups is 2. The second-order valence-corrected chi connectivity index (χ2v) is 4.95. The topological polar surface area (TPSA) is 81.7 Å².